The second-order valence-corrected chi connectivity index (χ2v) is 8.57. The fourth-order valence-corrected chi connectivity index (χ4v) is 4.51. The molecule has 0 saturated heterocycles. The van der Waals surface area contributed by atoms with Crippen molar-refractivity contribution in [3.63, 3.8) is 0 Å². The number of halogens is 1. The summed E-state index contributed by atoms with van der Waals surface area (Å²) in [5, 5.41) is 2.81. The SMILES string of the molecule is CCOC(=O)C1=C(C)N=C2SC=CN2[C@H]1c1ccccc1OCc1ccc(Br)cc1. The van der Waals surface area contributed by atoms with Crippen LogP contribution in [0.4, 0.5) is 0 Å². The predicted molar refractivity (Wildman–Crippen MR) is 123 cm³/mol. The van der Waals surface area contributed by atoms with E-state index in [4.69, 9.17) is 9.47 Å². The summed E-state index contributed by atoms with van der Waals surface area (Å²) in [6, 6.07) is 15.5. The Bertz CT molecular complexity index is 1050. The summed E-state index contributed by atoms with van der Waals surface area (Å²) in [4.78, 5) is 19.5. The highest BCUT2D eigenvalue weighted by Gasteiger charge is 2.38. The summed E-state index contributed by atoms with van der Waals surface area (Å²) in [7, 11) is 0. The van der Waals surface area contributed by atoms with Crippen molar-refractivity contribution >= 4 is 38.8 Å². The summed E-state index contributed by atoms with van der Waals surface area (Å²) < 4.78 is 12.6. The fraction of sp³-hybridized carbons (Fsp3) is 0.217. The van der Waals surface area contributed by atoms with Gasteiger partial charge in [0, 0.05) is 16.2 Å². The van der Waals surface area contributed by atoms with Crippen LogP contribution in [0.1, 0.15) is 31.0 Å². The van der Waals surface area contributed by atoms with Crippen molar-refractivity contribution in [2.24, 2.45) is 4.99 Å². The van der Waals surface area contributed by atoms with Crippen molar-refractivity contribution in [3.05, 3.63) is 87.0 Å². The van der Waals surface area contributed by atoms with Crippen molar-refractivity contribution < 1.29 is 14.3 Å². The Hall–Kier alpha value is -2.51. The number of carbonyl (C=O) groups is 1. The zero-order valence-corrected chi connectivity index (χ0v) is 19.1. The third kappa shape index (κ3) is 4.18. The molecule has 2 aromatic rings. The van der Waals surface area contributed by atoms with Crippen LogP contribution in [0.25, 0.3) is 0 Å². The van der Waals surface area contributed by atoms with Gasteiger partial charge in [-0.05, 0) is 43.0 Å². The highest BCUT2D eigenvalue weighted by Crippen LogP contribution is 2.43. The summed E-state index contributed by atoms with van der Waals surface area (Å²) in [6.07, 6.45) is 1.95. The molecule has 2 aromatic carbocycles. The molecule has 0 bridgehead atoms. The molecular formula is C23H21BrN2O3S. The fourth-order valence-electron chi connectivity index (χ4n) is 3.46. The predicted octanol–water partition coefficient (Wildman–Crippen LogP) is 5.80. The first-order valence-electron chi connectivity index (χ1n) is 9.63. The Kier molecular flexibility index (Phi) is 6.29. The third-order valence-corrected chi connectivity index (χ3v) is 6.14. The van der Waals surface area contributed by atoms with Gasteiger partial charge in [-0.2, -0.15) is 0 Å². The highest BCUT2D eigenvalue weighted by atomic mass is 79.9. The number of ether oxygens (including phenoxy) is 2. The van der Waals surface area contributed by atoms with Crippen LogP contribution in [-0.4, -0.2) is 22.6 Å². The Morgan fingerprint density at radius 2 is 1.97 bits per heavy atom. The van der Waals surface area contributed by atoms with E-state index in [0.29, 0.717) is 24.5 Å². The van der Waals surface area contributed by atoms with Crippen LogP contribution in [0.2, 0.25) is 0 Å². The monoisotopic (exact) mass is 484 g/mol. The zero-order chi connectivity index (χ0) is 21.1. The van der Waals surface area contributed by atoms with E-state index in [1.807, 2.05) is 72.0 Å². The van der Waals surface area contributed by atoms with Crippen LogP contribution in [0.3, 0.4) is 0 Å². The number of hydrogen-bond acceptors (Lipinski definition) is 6. The molecule has 0 unspecified atom stereocenters. The van der Waals surface area contributed by atoms with Gasteiger partial charge in [-0.25, -0.2) is 9.79 Å². The molecule has 2 aliphatic rings. The molecule has 0 aromatic heterocycles. The molecule has 4 rings (SSSR count). The van der Waals surface area contributed by atoms with Gasteiger partial charge in [0.25, 0.3) is 0 Å². The lowest BCUT2D eigenvalue weighted by molar-refractivity contribution is -0.139. The first-order valence-corrected chi connectivity index (χ1v) is 11.3. The molecule has 30 heavy (non-hydrogen) atoms. The van der Waals surface area contributed by atoms with Crippen LogP contribution in [0, 0.1) is 0 Å². The van der Waals surface area contributed by atoms with E-state index in [9.17, 15) is 4.79 Å². The Morgan fingerprint density at radius 1 is 1.20 bits per heavy atom. The van der Waals surface area contributed by atoms with E-state index in [1.165, 1.54) is 11.8 Å². The van der Waals surface area contributed by atoms with Crippen LogP contribution >= 0.6 is 27.7 Å². The highest BCUT2D eigenvalue weighted by molar-refractivity contribution is 9.10. The van der Waals surface area contributed by atoms with Crippen molar-refractivity contribution in [3.8, 4) is 5.75 Å². The minimum atomic E-state index is -0.357. The number of rotatable bonds is 6. The van der Waals surface area contributed by atoms with Crippen molar-refractivity contribution in [2.45, 2.75) is 26.5 Å². The minimum absolute atomic E-state index is 0.311. The summed E-state index contributed by atoms with van der Waals surface area (Å²) in [5.74, 6) is 0.377. The van der Waals surface area contributed by atoms with Crippen LogP contribution in [-0.2, 0) is 16.1 Å². The van der Waals surface area contributed by atoms with Crippen molar-refractivity contribution in [2.75, 3.05) is 6.61 Å². The summed E-state index contributed by atoms with van der Waals surface area (Å²) in [5.41, 5.74) is 3.17. The first-order chi connectivity index (χ1) is 14.6. The maximum atomic E-state index is 12.9. The first kappa shape index (κ1) is 20.8. The molecule has 0 saturated carbocycles. The van der Waals surface area contributed by atoms with Crippen molar-refractivity contribution in [1.82, 2.24) is 4.90 Å². The Labute approximate surface area is 188 Å². The van der Waals surface area contributed by atoms with Gasteiger partial charge < -0.3 is 14.4 Å². The van der Waals surface area contributed by atoms with E-state index < -0.39 is 0 Å². The van der Waals surface area contributed by atoms with E-state index in [-0.39, 0.29) is 12.0 Å². The number of esters is 1. The molecule has 0 aliphatic carbocycles. The zero-order valence-electron chi connectivity index (χ0n) is 16.7. The molecule has 0 radical (unpaired) electrons. The number of hydrogen-bond donors (Lipinski definition) is 0. The number of thioether (sulfide) groups is 1. The van der Waals surface area contributed by atoms with Crippen LogP contribution < -0.4 is 4.74 Å². The molecule has 154 valence electrons. The van der Waals surface area contributed by atoms with Crippen LogP contribution in [0.5, 0.6) is 5.75 Å². The number of benzene rings is 2. The van der Waals surface area contributed by atoms with Gasteiger partial charge in [0.1, 0.15) is 12.4 Å². The second-order valence-electron chi connectivity index (χ2n) is 6.78. The van der Waals surface area contributed by atoms with Crippen molar-refractivity contribution in [1.29, 1.82) is 0 Å². The summed E-state index contributed by atoms with van der Waals surface area (Å²) >= 11 is 4.99. The Morgan fingerprint density at radius 3 is 2.73 bits per heavy atom. The molecule has 0 N–H and O–H groups in total. The van der Waals surface area contributed by atoms with Gasteiger partial charge in [0.2, 0.25) is 0 Å². The molecular weight excluding hydrogens is 464 g/mol. The normalized spacial score (nSPS) is 17.6. The average molecular weight is 485 g/mol. The molecule has 0 amide bonds. The molecule has 1 atom stereocenters. The smallest absolute Gasteiger partial charge is 0.338 e. The van der Waals surface area contributed by atoms with E-state index in [1.54, 1.807) is 6.92 Å². The van der Waals surface area contributed by atoms with E-state index in [0.717, 1.165) is 26.5 Å². The standard InChI is InChI=1S/C23H21BrN2O3S/c1-3-28-22(27)20-15(2)25-23-26(12-13-30-23)21(20)18-6-4-5-7-19(18)29-14-16-8-10-17(24)11-9-16/h4-13,21H,3,14H2,1-2H3/t21-/m0/s1. The number of para-hydroxylation sites is 1. The molecule has 0 spiro atoms. The van der Waals surface area contributed by atoms with Gasteiger partial charge in [-0.1, -0.05) is 58.0 Å². The van der Waals surface area contributed by atoms with Gasteiger partial charge in [0.05, 0.1) is 23.9 Å². The lowest BCUT2D eigenvalue weighted by atomic mass is 9.94. The molecule has 2 heterocycles. The maximum absolute atomic E-state index is 12.9. The number of fused-ring (bicyclic) bond motifs is 1. The largest absolute Gasteiger partial charge is 0.489 e. The molecule has 2 aliphatic heterocycles. The topological polar surface area (TPSA) is 51.1 Å². The molecule has 0 fully saturated rings. The third-order valence-electron chi connectivity index (χ3n) is 4.84. The Balaban J connectivity index is 1.70. The molecule has 7 heteroatoms. The number of nitrogens with zero attached hydrogens (tertiary/aromatic N) is 2. The number of aliphatic imine (C=N–C) groups is 1. The van der Waals surface area contributed by atoms with E-state index >= 15 is 0 Å². The van der Waals surface area contributed by atoms with Gasteiger partial charge in [-0.15, -0.1) is 0 Å². The molecule has 5 nitrogen and oxygen atoms in total. The lowest BCUT2D eigenvalue weighted by Gasteiger charge is -2.34. The lowest BCUT2D eigenvalue weighted by Crippen LogP contribution is -2.34. The average Bonchev–Trinajstić information content (AvgIpc) is 3.21. The second kappa shape index (κ2) is 9.10. The quantitative estimate of drug-likeness (QED) is 0.485. The summed E-state index contributed by atoms with van der Waals surface area (Å²) in [6.45, 7) is 4.40. The van der Waals surface area contributed by atoms with Gasteiger partial charge in [-0.3, -0.25) is 0 Å². The maximum Gasteiger partial charge on any atom is 0.338 e. The minimum Gasteiger partial charge on any atom is -0.489 e. The van der Waals surface area contributed by atoms with Gasteiger partial charge in [0.15, 0.2) is 5.17 Å². The van der Waals surface area contributed by atoms with Gasteiger partial charge >= 0.3 is 5.97 Å². The number of amidine groups is 1. The van der Waals surface area contributed by atoms with E-state index in [2.05, 4.69) is 20.9 Å². The van der Waals surface area contributed by atoms with Crippen LogP contribution in [0.15, 0.2) is 80.9 Å². The number of carbonyl (C=O) groups excluding carboxylic acids is 1. The number of allylic oxidation sites excluding steroid dienone is 1.